The van der Waals surface area contributed by atoms with Gasteiger partial charge in [-0.1, -0.05) is 41.4 Å². The van der Waals surface area contributed by atoms with Gasteiger partial charge in [0.05, 0.1) is 22.3 Å². The normalized spacial score (nSPS) is 11.0. The SMILES string of the molecule is [B]c1ccc2c(c1)c1cc(C)ccc1n2-c1ccccc1C#N. The van der Waals surface area contributed by atoms with E-state index in [2.05, 4.69) is 35.8 Å². The molecule has 1 heterocycles. The number of benzene rings is 3. The van der Waals surface area contributed by atoms with E-state index in [0.29, 0.717) is 5.56 Å². The van der Waals surface area contributed by atoms with Gasteiger partial charge in [0.25, 0.3) is 0 Å². The smallest absolute Gasteiger partial charge is 0.113 e. The van der Waals surface area contributed by atoms with E-state index in [9.17, 15) is 5.26 Å². The molecular weight excluding hydrogens is 279 g/mol. The van der Waals surface area contributed by atoms with E-state index in [1.807, 2.05) is 42.5 Å². The summed E-state index contributed by atoms with van der Waals surface area (Å²) in [4.78, 5) is 0. The fraction of sp³-hybridized carbons (Fsp3) is 0.0500. The molecule has 0 unspecified atom stereocenters. The number of nitrogens with zero attached hydrogens (tertiary/aromatic N) is 2. The Labute approximate surface area is 136 Å². The van der Waals surface area contributed by atoms with Crippen LogP contribution in [0.3, 0.4) is 0 Å². The molecule has 4 rings (SSSR count). The second-order valence-corrected chi connectivity index (χ2v) is 5.76. The van der Waals surface area contributed by atoms with E-state index >= 15 is 0 Å². The van der Waals surface area contributed by atoms with Gasteiger partial charge in [-0.25, -0.2) is 0 Å². The van der Waals surface area contributed by atoms with Gasteiger partial charge in [0.2, 0.25) is 0 Å². The minimum Gasteiger partial charge on any atom is -0.308 e. The summed E-state index contributed by atoms with van der Waals surface area (Å²) in [6.45, 7) is 2.08. The standard InChI is InChI=1S/C20H13BN2/c1-13-6-8-19-16(10-13)17-11-15(21)7-9-20(17)23(19)18-5-3-2-4-14(18)12-22/h2-11H,1H3. The predicted octanol–water partition coefficient (Wildman–Crippen LogP) is 3.76. The highest BCUT2D eigenvalue weighted by Gasteiger charge is 2.14. The van der Waals surface area contributed by atoms with E-state index in [1.54, 1.807) is 0 Å². The fourth-order valence-corrected chi connectivity index (χ4v) is 3.18. The molecule has 0 saturated carbocycles. The van der Waals surface area contributed by atoms with Crippen LogP contribution in [-0.4, -0.2) is 12.4 Å². The number of fused-ring (bicyclic) bond motifs is 3. The van der Waals surface area contributed by atoms with Gasteiger partial charge in [-0.15, -0.1) is 0 Å². The van der Waals surface area contributed by atoms with Crippen LogP contribution in [0.5, 0.6) is 0 Å². The van der Waals surface area contributed by atoms with Crippen molar-refractivity contribution in [1.29, 1.82) is 5.26 Å². The molecule has 1 aromatic heterocycles. The molecule has 0 bridgehead atoms. The molecule has 2 nitrogen and oxygen atoms in total. The van der Waals surface area contributed by atoms with Gasteiger partial charge in [-0.2, -0.15) is 5.26 Å². The topological polar surface area (TPSA) is 28.7 Å². The fourth-order valence-electron chi connectivity index (χ4n) is 3.18. The van der Waals surface area contributed by atoms with Crippen LogP contribution in [0.25, 0.3) is 27.5 Å². The minimum atomic E-state index is 0.656. The molecule has 0 N–H and O–H groups in total. The molecule has 0 aliphatic heterocycles. The summed E-state index contributed by atoms with van der Waals surface area (Å²) < 4.78 is 2.14. The number of nitriles is 1. The molecule has 3 heteroatoms. The first-order chi connectivity index (χ1) is 11.2. The number of para-hydroxylation sites is 1. The molecule has 0 amide bonds. The second kappa shape index (κ2) is 5.03. The Hall–Kier alpha value is -2.99. The van der Waals surface area contributed by atoms with Crippen LogP contribution in [0.2, 0.25) is 0 Å². The van der Waals surface area contributed by atoms with Crippen LogP contribution in [0, 0.1) is 18.3 Å². The number of aromatic nitrogens is 1. The third kappa shape index (κ3) is 2.03. The van der Waals surface area contributed by atoms with Crippen LogP contribution < -0.4 is 5.46 Å². The average molecular weight is 292 g/mol. The third-order valence-electron chi connectivity index (χ3n) is 4.21. The lowest BCUT2D eigenvalue weighted by molar-refractivity contribution is 1.17. The van der Waals surface area contributed by atoms with Crippen molar-refractivity contribution in [3.05, 3.63) is 71.8 Å². The Balaban J connectivity index is 2.23. The molecule has 0 saturated heterocycles. The van der Waals surface area contributed by atoms with E-state index in [0.717, 1.165) is 33.0 Å². The zero-order valence-corrected chi connectivity index (χ0v) is 12.7. The molecule has 3 aromatic carbocycles. The zero-order chi connectivity index (χ0) is 16.0. The molecule has 0 fully saturated rings. The van der Waals surface area contributed by atoms with Gasteiger partial charge in [-0.3, -0.25) is 0 Å². The molecule has 0 atom stereocenters. The molecule has 0 spiro atoms. The lowest BCUT2D eigenvalue weighted by Gasteiger charge is -2.09. The molecular formula is C20H13BN2. The first-order valence-electron chi connectivity index (χ1n) is 7.49. The van der Waals surface area contributed by atoms with Crippen molar-refractivity contribution in [1.82, 2.24) is 4.57 Å². The van der Waals surface area contributed by atoms with Gasteiger partial charge >= 0.3 is 0 Å². The van der Waals surface area contributed by atoms with Crippen molar-refractivity contribution in [3.63, 3.8) is 0 Å². The largest absolute Gasteiger partial charge is 0.308 e. The molecule has 23 heavy (non-hydrogen) atoms. The highest BCUT2D eigenvalue weighted by molar-refractivity contribution is 6.33. The number of rotatable bonds is 1. The Morgan fingerprint density at radius 1 is 0.913 bits per heavy atom. The van der Waals surface area contributed by atoms with E-state index in [-0.39, 0.29) is 0 Å². The summed E-state index contributed by atoms with van der Waals surface area (Å²) in [7, 11) is 6.00. The molecule has 106 valence electrons. The summed E-state index contributed by atoms with van der Waals surface area (Å²) in [6.07, 6.45) is 0. The van der Waals surface area contributed by atoms with Crippen molar-refractivity contribution in [2.45, 2.75) is 6.92 Å². The van der Waals surface area contributed by atoms with Crippen molar-refractivity contribution in [2.24, 2.45) is 0 Å². The number of hydrogen-bond donors (Lipinski definition) is 0. The Bertz CT molecular complexity index is 1040. The summed E-state index contributed by atoms with van der Waals surface area (Å²) in [5.74, 6) is 0. The van der Waals surface area contributed by atoms with Gasteiger partial charge < -0.3 is 4.57 Å². The predicted molar refractivity (Wildman–Crippen MR) is 95.6 cm³/mol. The molecule has 0 aliphatic carbocycles. The molecule has 0 aliphatic rings. The van der Waals surface area contributed by atoms with Gasteiger partial charge in [0.1, 0.15) is 13.9 Å². The summed E-state index contributed by atoms with van der Waals surface area (Å²) in [6, 6.07) is 22.3. The van der Waals surface area contributed by atoms with Gasteiger partial charge in [0.15, 0.2) is 0 Å². The van der Waals surface area contributed by atoms with Gasteiger partial charge in [0, 0.05) is 10.8 Å². The van der Waals surface area contributed by atoms with E-state index in [4.69, 9.17) is 7.85 Å². The first kappa shape index (κ1) is 13.7. The van der Waals surface area contributed by atoms with Crippen molar-refractivity contribution in [3.8, 4) is 11.8 Å². The third-order valence-corrected chi connectivity index (χ3v) is 4.21. The Kier molecular flexibility index (Phi) is 2.99. The Morgan fingerprint density at radius 2 is 1.61 bits per heavy atom. The highest BCUT2D eigenvalue weighted by Crippen LogP contribution is 2.32. The summed E-state index contributed by atoms with van der Waals surface area (Å²) in [5.41, 5.74) is 5.63. The van der Waals surface area contributed by atoms with Crippen LogP contribution in [0.1, 0.15) is 11.1 Å². The average Bonchev–Trinajstić information content (AvgIpc) is 2.87. The van der Waals surface area contributed by atoms with Crippen LogP contribution in [0.4, 0.5) is 0 Å². The number of hydrogen-bond acceptors (Lipinski definition) is 1. The maximum absolute atomic E-state index is 9.47. The summed E-state index contributed by atoms with van der Waals surface area (Å²) in [5, 5.41) is 11.7. The minimum absolute atomic E-state index is 0.656. The highest BCUT2D eigenvalue weighted by atomic mass is 15.0. The van der Waals surface area contributed by atoms with Crippen molar-refractivity contribution < 1.29 is 0 Å². The maximum Gasteiger partial charge on any atom is 0.113 e. The van der Waals surface area contributed by atoms with Crippen LogP contribution >= 0.6 is 0 Å². The molecule has 4 aromatic rings. The first-order valence-corrected chi connectivity index (χ1v) is 7.49. The van der Waals surface area contributed by atoms with E-state index < -0.39 is 0 Å². The summed E-state index contributed by atoms with van der Waals surface area (Å²) >= 11 is 0. The second-order valence-electron chi connectivity index (χ2n) is 5.76. The molecule has 2 radical (unpaired) electrons. The van der Waals surface area contributed by atoms with Crippen molar-refractivity contribution in [2.75, 3.05) is 0 Å². The van der Waals surface area contributed by atoms with Gasteiger partial charge in [-0.05, 0) is 37.3 Å². The van der Waals surface area contributed by atoms with Crippen LogP contribution in [-0.2, 0) is 0 Å². The maximum atomic E-state index is 9.47. The lowest BCUT2D eigenvalue weighted by Crippen LogP contribution is -2.01. The zero-order valence-electron chi connectivity index (χ0n) is 12.7. The van der Waals surface area contributed by atoms with E-state index in [1.165, 1.54) is 5.56 Å². The number of aryl methyl sites for hydroxylation is 1. The Morgan fingerprint density at radius 3 is 2.39 bits per heavy atom. The van der Waals surface area contributed by atoms with Crippen molar-refractivity contribution >= 4 is 35.1 Å². The van der Waals surface area contributed by atoms with Crippen LogP contribution in [0.15, 0.2) is 60.7 Å². The monoisotopic (exact) mass is 292 g/mol. The quantitative estimate of drug-likeness (QED) is 0.491. The lowest BCUT2D eigenvalue weighted by atomic mass is 9.94.